The lowest BCUT2D eigenvalue weighted by molar-refractivity contribution is 0.0167. The Morgan fingerprint density at radius 1 is 1.00 bits per heavy atom. The second kappa shape index (κ2) is 16.0. The van der Waals surface area contributed by atoms with Gasteiger partial charge in [-0.2, -0.15) is 0 Å². The second-order valence-corrected chi connectivity index (χ2v) is 9.24. The first kappa shape index (κ1) is 30.4. The van der Waals surface area contributed by atoms with Crippen LogP contribution in [0, 0.1) is 0 Å². The molecule has 0 aliphatic carbocycles. The van der Waals surface area contributed by atoms with Crippen molar-refractivity contribution in [2.24, 2.45) is 0 Å². The molecular weight excluding hydrogens is 372 g/mol. The number of amides is 1. The third-order valence-electron chi connectivity index (χ3n) is 4.51. The Labute approximate surface area is 187 Å². The topological polar surface area (TPSA) is 32.8 Å². The van der Waals surface area contributed by atoms with Gasteiger partial charge in [-0.05, 0) is 89.3 Å². The van der Waals surface area contributed by atoms with E-state index in [0.717, 1.165) is 31.5 Å². The molecule has 0 spiro atoms. The van der Waals surface area contributed by atoms with Gasteiger partial charge < -0.3 is 14.5 Å². The van der Waals surface area contributed by atoms with Crippen LogP contribution in [-0.2, 0) is 4.74 Å². The maximum absolute atomic E-state index is 11.8. The Kier molecular flexibility index (Phi) is 16.2. The molecule has 0 bridgehead atoms. The molecule has 0 aromatic carbocycles. The van der Waals surface area contributed by atoms with Crippen LogP contribution in [-0.4, -0.2) is 54.7 Å². The summed E-state index contributed by atoms with van der Waals surface area (Å²) in [6.45, 7) is 23.3. The van der Waals surface area contributed by atoms with Crippen molar-refractivity contribution in [3.63, 3.8) is 0 Å². The molecule has 30 heavy (non-hydrogen) atoms. The van der Waals surface area contributed by atoms with Gasteiger partial charge in [0.25, 0.3) is 0 Å². The summed E-state index contributed by atoms with van der Waals surface area (Å²) in [4.78, 5) is 15.8. The van der Waals surface area contributed by atoms with Gasteiger partial charge in [0, 0.05) is 19.1 Å². The highest BCUT2D eigenvalue weighted by atomic mass is 16.6. The van der Waals surface area contributed by atoms with Crippen molar-refractivity contribution in [1.82, 2.24) is 9.80 Å². The lowest BCUT2D eigenvalue weighted by Crippen LogP contribution is -2.46. The minimum absolute atomic E-state index is 0.176. The van der Waals surface area contributed by atoms with E-state index in [0.29, 0.717) is 6.04 Å². The number of ether oxygens (including phenoxy) is 1. The van der Waals surface area contributed by atoms with Crippen LogP contribution in [0.2, 0.25) is 0 Å². The van der Waals surface area contributed by atoms with Gasteiger partial charge in [0.1, 0.15) is 5.60 Å². The molecule has 1 heterocycles. The molecule has 0 N–H and O–H groups in total. The molecule has 1 aliphatic heterocycles. The Bertz CT molecular complexity index is 581. The normalized spacial score (nSPS) is 15.1. The number of allylic oxidation sites excluding steroid dienone is 7. The molecule has 4 nitrogen and oxygen atoms in total. The van der Waals surface area contributed by atoms with Gasteiger partial charge in [0.2, 0.25) is 0 Å². The van der Waals surface area contributed by atoms with E-state index in [1.807, 2.05) is 52.5 Å². The average molecular weight is 421 g/mol. The predicted molar refractivity (Wildman–Crippen MR) is 133 cm³/mol. The third kappa shape index (κ3) is 18.2. The van der Waals surface area contributed by atoms with Crippen LogP contribution in [0.25, 0.3) is 0 Å². The highest BCUT2D eigenvalue weighted by Crippen LogP contribution is 2.17. The van der Waals surface area contributed by atoms with Gasteiger partial charge >= 0.3 is 6.09 Å². The molecule has 1 saturated heterocycles. The smallest absolute Gasteiger partial charge is 0.410 e. The maximum Gasteiger partial charge on any atom is 0.410 e. The molecule has 0 unspecified atom stereocenters. The number of rotatable bonds is 3. The second-order valence-electron chi connectivity index (χ2n) is 9.24. The van der Waals surface area contributed by atoms with Crippen molar-refractivity contribution < 1.29 is 9.53 Å². The molecule has 0 aromatic heterocycles. The Morgan fingerprint density at radius 2 is 1.47 bits per heavy atom. The molecule has 1 rings (SSSR count). The Hall–Kier alpha value is -1.81. The first-order valence-corrected chi connectivity index (χ1v) is 10.9. The number of hydrogen-bond acceptors (Lipinski definition) is 3. The van der Waals surface area contributed by atoms with Gasteiger partial charge in [-0.15, -0.1) is 0 Å². The quantitative estimate of drug-likeness (QED) is 0.364. The van der Waals surface area contributed by atoms with Crippen molar-refractivity contribution in [3.05, 3.63) is 47.6 Å². The zero-order valence-electron chi connectivity index (χ0n) is 21.6. The molecule has 1 aliphatic rings. The Morgan fingerprint density at radius 3 is 1.77 bits per heavy atom. The van der Waals surface area contributed by atoms with Gasteiger partial charge in [-0.25, -0.2) is 4.79 Å². The van der Waals surface area contributed by atoms with Gasteiger partial charge in [0.15, 0.2) is 0 Å². The van der Waals surface area contributed by atoms with Crippen LogP contribution >= 0.6 is 0 Å². The van der Waals surface area contributed by atoms with Crippen molar-refractivity contribution in [3.8, 4) is 0 Å². The monoisotopic (exact) mass is 420 g/mol. The maximum atomic E-state index is 11.8. The fraction of sp³-hybridized carbons (Fsp3) is 0.654. The Balaban J connectivity index is 0. The third-order valence-corrected chi connectivity index (χ3v) is 4.51. The van der Waals surface area contributed by atoms with Crippen molar-refractivity contribution in [2.75, 3.05) is 27.2 Å². The number of piperidine rings is 1. The number of carbonyl (C=O) groups excluding carboxylic acids is 1. The lowest BCUT2D eigenvalue weighted by atomic mass is 10.0. The SMILES string of the molecule is C=C(C)/C=C\C(C)=C/C.CC=C(C)C.CN(C)C1CCN(C(=O)OC(C)(C)C)CC1. The summed E-state index contributed by atoms with van der Waals surface area (Å²) in [5, 5.41) is 0. The van der Waals surface area contributed by atoms with Gasteiger partial charge in [-0.1, -0.05) is 47.6 Å². The van der Waals surface area contributed by atoms with Crippen LogP contribution < -0.4 is 0 Å². The molecule has 174 valence electrons. The average Bonchev–Trinajstić information content (AvgIpc) is 2.65. The minimum Gasteiger partial charge on any atom is -0.444 e. The molecule has 0 radical (unpaired) electrons. The number of nitrogens with zero attached hydrogens (tertiary/aromatic N) is 2. The minimum atomic E-state index is -0.393. The predicted octanol–water partition coefficient (Wildman–Crippen LogP) is 7.00. The van der Waals surface area contributed by atoms with Crippen LogP contribution in [0.3, 0.4) is 0 Å². The van der Waals surface area contributed by atoms with Crippen molar-refractivity contribution in [2.45, 2.75) is 86.8 Å². The van der Waals surface area contributed by atoms with Crippen LogP contribution in [0.5, 0.6) is 0 Å². The zero-order chi connectivity index (χ0) is 23.9. The summed E-state index contributed by atoms with van der Waals surface area (Å²) in [5.41, 5.74) is 3.36. The molecule has 0 saturated carbocycles. The summed E-state index contributed by atoms with van der Waals surface area (Å²) in [7, 11) is 4.18. The molecule has 1 amide bonds. The van der Waals surface area contributed by atoms with Crippen molar-refractivity contribution >= 4 is 6.09 Å². The largest absolute Gasteiger partial charge is 0.444 e. The van der Waals surface area contributed by atoms with E-state index in [4.69, 9.17) is 4.74 Å². The van der Waals surface area contributed by atoms with Crippen molar-refractivity contribution in [1.29, 1.82) is 0 Å². The number of carbonyl (C=O) groups is 1. The van der Waals surface area contributed by atoms with Gasteiger partial charge in [-0.3, -0.25) is 0 Å². The van der Waals surface area contributed by atoms with E-state index in [9.17, 15) is 4.79 Å². The zero-order valence-corrected chi connectivity index (χ0v) is 21.6. The lowest BCUT2D eigenvalue weighted by Gasteiger charge is -2.35. The molecule has 0 aromatic rings. The summed E-state index contributed by atoms with van der Waals surface area (Å²) < 4.78 is 5.35. The standard InChI is InChI=1S/C12H24N2O2.C9H14.C5H10/c1-12(2,3)16-11(15)14-8-6-10(7-9-14)13(4)5;1-5-9(4)7-6-8(2)3;1-4-5(2)3/h10H,6-9H2,1-5H3;5-7H,2H2,1,3-4H3;4H,1-3H3/b;7-6-,9-5-;. The number of hydrogen-bond donors (Lipinski definition) is 0. The molecule has 4 heteroatoms. The first-order valence-electron chi connectivity index (χ1n) is 10.9. The highest BCUT2D eigenvalue weighted by Gasteiger charge is 2.27. The summed E-state index contributed by atoms with van der Waals surface area (Å²) in [6, 6.07) is 0.596. The summed E-state index contributed by atoms with van der Waals surface area (Å²) in [5.74, 6) is 0. The summed E-state index contributed by atoms with van der Waals surface area (Å²) in [6.07, 6.45) is 10.1. The van der Waals surface area contributed by atoms with E-state index >= 15 is 0 Å². The van der Waals surface area contributed by atoms with Crippen LogP contribution in [0.4, 0.5) is 4.79 Å². The molecular formula is C26H48N2O2. The molecule has 1 fully saturated rings. The molecule has 0 atom stereocenters. The first-order chi connectivity index (χ1) is 13.7. The number of likely N-dealkylation sites (tertiary alicyclic amines) is 1. The fourth-order valence-corrected chi connectivity index (χ4v) is 2.26. The van der Waals surface area contributed by atoms with E-state index < -0.39 is 5.60 Å². The van der Waals surface area contributed by atoms with E-state index in [-0.39, 0.29) is 6.09 Å². The summed E-state index contributed by atoms with van der Waals surface area (Å²) >= 11 is 0. The van der Waals surface area contributed by atoms with E-state index in [2.05, 4.69) is 64.6 Å². The van der Waals surface area contributed by atoms with Crippen LogP contribution in [0.15, 0.2) is 47.6 Å². The van der Waals surface area contributed by atoms with Crippen LogP contribution in [0.1, 0.15) is 75.2 Å². The van der Waals surface area contributed by atoms with E-state index in [1.54, 1.807) is 0 Å². The fourth-order valence-electron chi connectivity index (χ4n) is 2.26. The van der Waals surface area contributed by atoms with E-state index in [1.165, 1.54) is 11.1 Å². The highest BCUT2D eigenvalue weighted by molar-refractivity contribution is 5.68. The van der Waals surface area contributed by atoms with Gasteiger partial charge in [0.05, 0.1) is 0 Å².